The molecular weight excluding hydrogens is 204 g/mol. The molecular formula is C12H22N2O2. The van der Waals surface area contributed by atoms with E-state index in [0.29, 0.717) is 0 Å². The fourth-order valence-corrected chi connectivity index (χ4v) is 2.01. The van der Waals surface area contributed by atoms with Crippen molar-refractivity contribution in [2.24, 2.45) is 5.73 Å². The number of nitrogens with one attached hydrogen (secondary N) is 1. The maximum atomic E-state index is 11.7. The first-order valence-corrected chi connectivity index (χ1v) is 5.89. The van der Waals surface area contributed by atoms with Crippen molar-refractivity contribution in [1.82, 2.24) is 5.32 Å². The van der Waals surface area contributed by atoms with Crippen molar-refractivity contribution >= 4 is 5.91 Å². The first-order chi connectivity index (χ1) is 7.50. The third-order valence-corrected chi connectivity index (χ3v) is 2.86. The van der Waals surface area contributed by atoms with Gasteiger partial charge < -0.3 is 16.2 Å². The van der Waals surface area contributed by atoms with Gasteiger partial charge in [0.25, 0.3) is 5.91 Å². The number of hydrogen-bond donors (Lipinski definition) is 3. The fraction of sp³-hybridized carbons (Fsp3) is 0.750. The van der Waals surface area contributed by atoms with E-state index >= 15 is 0 Å². The predicted octanol–water partition coefficient (Wildman–Crippen LogP) is 0.700. The average Bonchev–Trinajstić information content (AvgIpc) is 2.68. The minimum absolute atomic E-state index is 0.223. The topological polar surface area (TPSA) is 75.3 Å². The lowest BCUT2D eigenvalue weighted by Gasteiger charge is -2.19. The minimum atomic E-state index is -1.14. The molecule has 1 amide bonds. The van der Waals surface area contributed by atoms with Gasteiger partial charge in [0.15, 0.2) is 6.10 Å². The van der Waals surface area contributed by atoms with E-state index in [1.807, 2.05) is 13.8 Å². The minimum Gasteiger partial charge on any atom is -0.381 e. The highest BCUT2D eigenvalue weighted by Crippen LogP contribution is 2.17. The quantitative estimate of drug-likeness (QED) is 0.618. The van der Waals surface area contributed by atoms with Gasteiger partial charge in [0.05, 0.1) is 6.04 Å². The Balaban J connectivity index is 2.43. The third kappa shape index (κ3) is 3.94. The Morgan fingerprint density at radius 3 is 2.50 bits per heavy atom. The molecule has 0 heterocycles. The van der Waals surface area contributed by atoms with Crippen LogP contribution in [0.2, 0.25) is 0 Å². The van der Waals surface area contributed by atoms with E-state index in [2.05, 4.69) is 5.32 Å². The molecule has 1 aliphatic rings. The van der Waals surface area contributed by atoms with Crippen LogP contribution in [0, 0.1) is 0 Å². The smallest absolute Gasteiger partial charge is 0.251 e. The summed E-state index contributed by atoms with van der Waals surface area (Å²) in [5.74, 6) is -0.350. The monoisotopic (exact) mass is 226 g/mol. The molecule has 1 saturated carbocycles. The Labute approximate surface area is 96.9 Å². The van der Waals surface area contributed by atoms with Crippen LogP contribution in [0.15, 0.2) is 11.6 Å². The molecule has 1 aliphatic carbocycles. The normalized spacial score (nSPS) is 20.2. The van der Waals surface area contributed by atoms with Gasteiger partial charge in [0, 0.05) is 6.04 Å². The number of nitrogens with two attached hydrogens (primary N) is 1. The Morgan fingerprint density at radius 1 is 1.44 bits per heavy atom. The molecule has 1 rings (SSSR count). The van der Waals surface area contributed by atoms with Crippen molar-refractivity contribution in [3.05, 3.63) is 11.6 Å². The molecule has 0 saturated heterocycles. The molecule has 0 aromatic rings. The SMILES string of the molecule is CC(C)=C[C@H](N)C(O)C(=O)NC1CCCC1. The van der Waals surface area contributed by atoms with E-state index in [-0.39, 0.29) is 11.9 Å². The van der Waals surface area contributed by atoms with E-state index in [0.717, 1.165) is 31.3 Å². The molecule has 0 bridgehead atoms. The van der Waals surface area contributed by atoms with Crippen molar-refractivity contribution in [2.45, 2.75) is 57.7 Å². The van der Waals surface area contributed by atoms with E-state index in [4.69, 9.17) is 5.73 Å². The van der Waals surface area contributed by atoms with Gasteiger partial charge in [0.1, 0.15) is 0 Å². The molecule has 4 heteroatoms. The lowest BCUT2D eigenvalue weighted by atomic mass is 10.1. The fourth-order valence-electron chi connectivity index (χ4n) is 2.01. The number of allylic oxidation sites excluding steroid dienone is 1. The number of amides is 1. The van der Waals surface area contributed by atoms with Crippen LogP contribution in [0.25, 0.3) is 0 Å². The second kappa shape index (κ2) is 6.01. The molecule has 4 nitrogen and oxygen atoms in total. The summed E-state index contributed by atoms with van der Waals surface area (Å²) in [7, 11) is 0. The highest BCUT2D eigenvalue weighted by Gasteiger charge is 2.24. The van der Waals surface area contributed by atoms with Crippen molar-refractivity contribution in [3.63, 3.8) is 0 Å². The van der Waals surface area contributed by atoms with Crippen LogP contribution < -0.4 is 11.1 Å². The van der Waals surface area contributed by atoms with Crippen LogP contribution in [-0.2, 0) is 4.79 Å². The molecule has 16 heavy (non-hydrogen) atoms. The summed E-state index contributed by atoms with van der Waals surface area (Å²) in [4.78, 5) is 11.7. The zero-order valence-electron chi connectivity index (χ0n) is 10.1. The zero-order chi connectivity index (χ0) is 12.1. The van der Waals surface area contributed by atoms with Gasteiger partial charge in [-0.3, -0.25) is 4.79 Å². The van der Waals surface area contributed by atoms with E-state index in [1.54, 1.807) is 6.08 Å². The highest BCUT2D eigenvalue weighted by atomic mass is 16.3. The van der Waals surface area contributed by atoms with Gasteiger partial charge in [-0.1, -0.05) is 24.5 Å². The summed E-state index contributed by atoms with van der Waals surface area (Å²) >= 11 is 0. The molecule has 92 valence electrons. The Bertz CT molecular complexity index is 266. The average molecular weight is 226 g/mol. The summed E-state index contributed by atoms with van der Waals surface area (Å²) in [5, 5.41) is 12.5. The largest absolute Gasteiger partial charge is 0.381 e. The zero-order valence-corrected chi connectivity index (χ0v) is 10.1. The van der Waals surface area contributed by atoms with Gasteiger partial charge in [-0.15, -0.1) is 0 Å². The molecule has 0 aliphatic heterocycles. The summed E-state index contributed by atoms with van der Waals surface area (Å²) in [6.07, 6.45) is 4.89. The highest BCUT2D eigenvalue weighted by molar-refractivity contribution is 5.81. The lowest BCUT2D eigenvalue weighted by molar-refractivity contribution is -0.130. The number of hydrogen-bond acceptors (Lipinski definition) is 3. The molecule has 2 atom stereocenters. The van der Waals surface area contributed by atoms with Crippen molar-refractivity contribution < 1.29 is 9.90 Å². The molecule has 1 unspecified atom stereocenters. The van der Waals surface area contributed by atoms with Crippen molar-refractivity contribution in [3.8, 4) is 0 Å². The van der Waals surface area contributed by atoms with Crippen molar-refractivity contribution in [1.29, 1.82) is 0 Å². The summed E-state index contributed by atoms with van der Waals surface area (Å²) in [6, 6.07) is -0.396. The number of rotatable bonds is 4. The van der Waals surface area contributed by atoms with Gasteiger partial charge in [-0.25, -0.2) is 0 Å². The second-order valence-corrected chi connectivity index (χ2v) is 4.76. The number of aliphatic hydroxyl groups is 1. The number of carbonyl (C=O) groups excluding carboxylic acids is 1. The molecule has 0 aromatic heterocycles. The predicted molar refractivity (Wildman–Crippen MR) is 63.8 cm³/mol. The molecule has 0 aromatic carbocycles. The Kier molecular flexibility index (Phi) is 4.96. The van der Waals surface area contributed by atoms with Crippen molar-refractivity contribution in [2.75, 3.05) is 0 Å². The summed E-state index contributed by atoms with van der Waals surface area (Å²) in [5.41, 5.74) is 6.71. The maximum absolute atomic E-state index is 11.7. The van der Waals surface area contributed by atoms with Gasteiger partial charge in [-0.05, 0) is 26.7 Å². The molecule has 4 N–H and O–H groups in total. The van der Waals surface area contributed by atoms with E-state index in [1.165, 1.54) is 0 Å². The van der Waals surface area contributed by atoms with Crippen LogP contribution in [0.3, 0.4) is 0 Å². The Morgan fingerprint density at radius 2 is 2.00 bits per heavy atom. The maximum Gasteiger partial charge on any atom is 0.251 e. The number of carbonyl (C=O) groups is 1. The Hall–Kier alpha value is -0.870. The number of aliphatic hydroxyl groups excluding tert-OH is 1. The summed E-state index contributed by atoms with van der Waals surface area (Å²) < 4.78 is 0. The van der Waals surface area contributed by atoms with Crippen LogP contribution in [0.1, 0.15) is 39.5 Å². The van der Waals surface area contributed by atoms with Gasteiger partial charge in [0.2, 0.25) is 0 Å². The van der Waals surface area contributed by atoms with Crippen LogP contribution in [0.4, 0.5) is 0 Å². The van der Waals surface area contributed by atoms with Crippen LogP contribution >= 0.6 is 0 Å². The van der Waals surface area contributed by atoms with Crippen LogP contribution in [-0.4, -0.2) is 29.2 Å². The standard InChI is InChI=1S/C12H22N2O2/c1-8(2)7-10(13)11(15)12(16)14-9-5-3-4-6-9/h7,9-11,15H,3-6,13H2,1-2H3,(H,14,16)/t10-,11?/m0/s1. The van der Waals surface area contributed by atoms with Gasteiger partial charge >= 0.3 is 0 Å². The summed E-state index contributed by atoms with van der Waals surface area (Å²) in [6.45, 7) is 3.78. The van der Waals surface area contributed by atoms with Crippen LogP contribution in [0.5, 0.6) is 0 Å². The molecule has 0 spiro atoms. The lowest BCUT2D eigenvalue weighted by Crippen LogP contribution is -2.48. The van der Waals surface area contributed by atoms with E-state index in [9.17, 15) is 9.90 Å². The molecule has 0 radical (unpaired) electrons. The van der Waals surface area contributed by atoms with E-state index < -0.39 is 12.1 Å². The third-order valence-electron chi connectivity index (χ3n) is 2.86. The first kappa shape index (κ1) is 13.2. The van der Waals surface area contributed by atoms with Gasteiger partial charge in [-0.2, -0.15) is 0 Å². The molecule has 1 fully saturated rings. The second-order valence-electron chi connectivity index (χ2n) is 4.76. The first-order valence-electron chi connectivity index (χ1n) is 5.89.